The van der Waals surface area contributed by atoms with Gasteiger partial charge < -0.3 is 20.5 Å². The lowest BCUT2D eigenvalue weighted by molar-refractivity contribution is 0.0727. The van der Waals surface area contributed by atoms with Crippen LogP contribution in [0.3, 0.4) is 0 Å². The third-order valence-electron chi connectivity index (χ3n) is 2.34. The van der Waals surface area contributed by atoms with Crippen LogP contribution in [-0.2, 0) is 4.74 Å². The van der Waals surface area contributed by atoms with E-state index in [1.54, 1.807) is 0 Å². The molecule has 0 aliphatic rings. The highest BCUT2D eigenvalue weighted by Gasteiger charge is 2.12. The van der Waals surface area contributed by atoms with Crippen LogP contribution in [0.1, 0.15) is 13.3 Å². The minimum Gasteiger partial charge on any atom is -0.389 e. The number of methoxy groups -OCH3 is 1. The molecule has 1 heterocycles. The molecule has 0 bridgehead atoms. The molecule has 1 aromatic heterocycles. The van der Waals surface area contributed by atoms with E-state index < -0.39 is 17.7 Å². The number of pyridine rings is 1. The summed E-state index contributed by atoms with van der Waals surface area (Å²) < 4.78 is 31.6. The summed E-state index contributed by atoms with van der Waals surface area (Å²) in [4.78, 5) is 3.82. The molecule has 1 aromatic rings. The summed E-state index contributed by atoms with van der Waals surface area (Å²) >= 11 is 0. The highest BCUT2D eigenvalue weighted by atomic mass is 19.1. The summed E-state index contributed by atoms with van der Waals surface area (Å²) in [5, 5.41) is 14.8. The molecule has 19 heavy (non-hydrogen) atoms. The van der Waals surface area contributed by atoms with Gasteiger partial charge in [-0.15, -0.1) is 0 Å². The first-order chi connectivity index (χ1) is 9.08. The zero-order valence-corrected chi connectivity index (χ0v) is 11.0. The SMILES string of the molecule is CCCNc1nc(NCC(O)COC)c(F)cc1F. The Bertz CT molecular complexity index is 405. The van der Waals surface area contributed by atoms with Crippen LogP contribution >= 0.6 is 0 Å². The van der Waals surface area contributed by atoms with Gasteiger partial charge in [0.15, 0.2) is 23.3 Å². The zero-order chi connectivity index (χ0) is 14.3. The molecular weight excluding hydrogens is 256 g/mol. The molecule has 7 heteroatoms. The fraction of sp³-hybridized carbons (Fsp3) is 0.583. The average molecular weight is 275 g/mol. The van der Waals surface area contributed by atoms with Crippen LogP contribution in [0.15, 0.2) is 6.07 Å². The molecule has 0 aliphatic heterocycles. The molecule has 3 N–H and O–H groups in total. The predicted molar refractivity (Wildman–Crippen MR) is 69.3 cm³/mol. The van der Waals surface area contributed by atoms with Crippen molar-refractivity contribution in [1.82, 2.24) is 4.98 Å². The van der Waals surface area contributed by atoms with Gasteiger partial charge in [-0.05, 0) is 6.42 Å². The molecule has 108 valence electrons. The first-order valence-corrected chi connectivity index (χ1v) is 6.09. The molecule has 0 spiro atoms. The average Bonchev–Trinajstić information content (AvgIpc) is 2.37. The molecule has 0 fully saturated rings. The van der Waals surface area contributed by atoms with E-state index in [0.29, 0.717) is 6.54 Å². The van der Waals surface area contributed by atoms with Crippen molar-refractivity contribution < 1.29 is 18.6 Å². The molecule has 5 nitrogen and oxygen atoms in total. The predicted octanol–water partition coefficient (Wildman–Crippen LogP) is 1.60. The molecule has 0 amide bonds. The van der Waals surface area contributed by atoms with E-state index in [2.05, 4.69) is 15.6 Å². The molecule has 0 aromatic carbocycles. The number of aromatic nitrogens is 1. The Kier molecular flexibility index (Phi) is 6.44. The molecule has 1 rings (SSSR count). The third kappa shape index (κ3) is 4.96. The van der Waals surface area contributed by atoms with Crippen molar-refractivity contribution in [1.29, 1.82) is 0 Å². The second-order valence-electron chi connectivity index (χ2n) is 4.07. The number of nitrogens with zero attached hydrogens (tertiary/aromatic N) is 1. The molecule has 0 saturated heterocycles. The fourth-order valence-electron chi connectivity index (χ4n) is 1.42. The highest BCUT2D eigenvalue weighted by molar-refractivity contribution is 5.47. The summed E-state index contributed by atoms with van der Waals surface area (Å²) in [5.41, 5.74) is 0. The van der Waals surface area contributed by atoms with E-state index in [4.69, 9.17) is 4.74 Å². The van der Waals surface area contributed by atoms with Crippen molar-refractivity contribution in [2.24, 2.45) is 0 Å². The Hall–Kier alpha value is -1.47. The van der Waals surface area contributed by atoms with E-state index in [1.165, 1.54) is 7.11 Å². The maximum Gasteiger partial charge on any atom is 0.168 e. The Morgan fingerprint density at radius 1 is 1.32 bits per heavy atom. The number of aliphatic hydroxyl groups is 1. The van der Waals surface area contributed by atoms with Crippen molar-refractivity contribution >= 4 is 11.6 Å². The van der Waals surface area contributed by atoms with Gasteiger partial charge in [0.1, 0.15) is 0 Å². The van der Waals surface area contributed by atoms with Crippen LogP contribution in [0.2, 0.25) is 0 Å². The maximum absolute atomic E-state index is 13.5. The van der Waals surface area contributed by atoms with Gasteiger partial charge in [0.2, 0.25) is 0 Å². The molecule has 0 radical (unpaired) electrons. The number of rotatable bonds is 8. The van der Waals surface area contributed by atoms with Crippen molar-refractivity contribution in [2.75, 3.05) is 37.4 Å². The maximum atomic E-state index is 13.5. The Morgan fingerprint density at radius 3 is 2.53 bits per heavy atom. The fourth-order valence-corrected chi connectivity index (χ4v) is 1.42. The number of hydrogen-bond acceptors (Lipinski definition) is 5. The molecule has 1 atom stereocenters. The van der Waals surface area contributed by atoms with Crippen LogP contribution in [0.4, 0.5) is 20.4 Å². The number of aliphatic hydroxyl groups excluding tert-OH is 1. The smallest absolute Gasteiger partial charge is 0.168 e. The quantitative estimate of drug-likeness (QED) is 0.672. The Morgan fingerprint density at radius 2 is 1.95 bits per heavy atom. The van der Waals surface area contributed by atoms with E-state index >= 15 is 0 Å². The summed E-state index contributed by atoms with van der Waals surface area (Å²) in [5.74, 6) is -1.65. The minimum atomic E-state index is -0.802. The zero-order valence-electron chi connectivity index (χ0n) is 11.0. The number of anilines is 2. The number of halogens is 2. The lowest BCUT2D eigenvalue weighted by atomic mass is 10.3. The number of ether oxygens (including phenoxy) is 1. The van der Waals surface area contributed by atoms with Crippen molar-refractivity contribution in [3.05, 3.63) is 17.7 Å². The number of nitrogens with one attached hydrogen (secondary N) is 2. The molecule has 0 aliphatic carbocycles. The van der Waals surface area contributed by atoms with Crippen LogP contribution in [0.25, 0.3) is 0 Å². The second-order valence-corrected chi connectivity index (χ2v) is 4.07. The van der Waals surface area contributed by atoms with Crippen LogP contribution in [-0.4, -0.2) is 43.0 Å². The first kappa shape index (κ1) is 15.6. The number of hydrogen-bond donors (Lipinski definition) is 3. The summed E-state index contributed by atoms with van der Waals surface area (Å²) in [7, 11) is 1.45. The van der Waals surface area contributed by atoms with Crippen LogP contribution < -0.4 is 10.6 Å². The van der Waals surface area contributed by atoms with Crippen molar-refractivity contribution in [3.63, 3.8) is 0 Å². The second kappa shape index (κ2) is 7.85. The minimum absolute atomic E-state index is 0.00742. The van der Waals surface area contributed by atoms with Crippen molar-refractivity contribution in [2.45, 2.75) is 19.4 Å². The van der Waals surface area contributed by atoms with Crippen LogP contribution in [0, 0.1) is 11.6 Å². The van der Waals surface area contributed by atoms with Gasteiger partial charge in [-0.2, -0.15) is 0 Å². The Balaban J connectivity index is 2.71. The molecule has 0 saturated carbocycles. The molecular formula is C12H19F2N3O2. The van der Waals surface area contributed by atoms with Gasteiger partial charge in [-0.25, -0.2) is 13.8 Å². The van der Waals surface area contributed by atoms with E-state index in [-0.39, 0.29) is 24.8 Å². The topological polar surface area (TPSA) is 66.4 Å². The van der Waals surface area contributed by atoms with Gasteiger partial charge in [0.25, 0.3) is 0 Å². The van der Waals surface area contributed by atoms with E-state index in [9.17, 15) is 13.9 Å². The summed E-state index contributed by atoms with van der Waals surface area (Å²) in [6.07, 6.45) is 0.0108. The van der Waals surface area contributed by atoms with Crippen LogP contribution in [0.5, 0.6) is 0 Å². The van der Waals surface area contributed by atoms with Gasteiger partial charge in [-0.3, -0.25) is 0 Å². The lowest BCUT2D eigenvalue weighted by Crippen LogP contribution is -2.25. The van der Waals surface area contributed by atoms with Gasteiger partial charge in [-0.1, -0.05) is 6.92 Å². The monoisotopic (exact) mass is 275 g/mol. The third-order valence-corrected chi connectivity index (χ3v) is 2.34. The molecule has 1 unspecified atom stereocenters. The van der Waals surface area contributed by atoms with Gasteiger partial charge >= 0.3 is 0 Å². The van der Waals surface area contributed by atoms with Gasteiger partial charge in [0.05, 0.1) is 12.7 Å². The highest BCUT2D eigenvalue weighted by Crippen LogP contribution is 2.18. The van der Waals surface area contributed by atoms with E-state index in [1.807, 2.05) is 6.92 Å². The Labute approximate surface area is 111 Å². The summed E-state index contributed by atoms with van der Waals surface area (Å²) in [6, 6.07) is 0.760. The van der Waals surface area contributed by atoms with Gasteiger partial charge in [0, 0.05) is 26.3 Å². The lowest BCUT2D eigenvalue weighted by Gasteiger charge is -2.13. The van der Waals surface area contributed by atoms with E-state index in [0.717, 1.165) is 12.5 Å². The normalized spacial score (nSPS) is 12.3. The summed E-state index contributed by atoms with van der Waals surface area (Å²) in [6.45, 7) is 2.66. The van der Waals surface area contributed by atoms with Crippen molar-refractivity contribution in [3.8, 4) is 0 Å². The largest absolute Gasteiger partial charge is 0.389 e. The first-order valence-electron chi connectivity index (χ1n) is 6.09. The standard InChI is InChI=1S/C12H19F2N3O2/c1-3-4-15-11-9(13)5-10(14)12(17-11)16-6-8(18)7-19-2/h5,8,18H,3-4,6-7H2,1-2H3,(H2,15,16,17).